The molecule has 6 nitrogen and oxygen atoms in total. The molecule has 0 aliphatic carbocycles. The number of Topliss-reactive ketones (excluding diaryl/α,β-unsaturated/α-hetero) is 1. The van der Waals surface area contributed by atoms with Crippen LogP contribution in [0.15, 0.2) is 54.6 Å². The summed E-state index contributed by atoms with van der Waals surface area (Å²) >= 11 is 0. The smallest absolute Gasteiger partial charge is 0.251 e. The van der Waals surface area contributed by atoms with Gasteiger partial charge in [0.2, 0.25) is 0 Å². The highest BCUT2D eigenvalue weighted by atomic mass is 16.5. The van der Waals surface area contributed by atoms with E-state index in [1.54, 1.807) is 12.1 Å². The predicted molar refractivity (Wildman–Crippen MR) is 102 cm³/mol. The Morgan fingerprint density at radius 3 is 2.41 bits per heavy atom. The van der Waals surface area contributed by atoms with E-state index in [9.17, 15) is 14.7 Å². The van der Waals surface area contributed by atoms with Crippen molar-refractivity contribution in [3.8, 4) is 11.5 Å². The Kier molecular flexibility index (Phi) is 6.44. The maximum absolute atomic E-state index is 12.8. The Hall–Kier alpha value is -2.86. The summed E-state index contributed by atoms with van der Waals surface area (Å²) in [7, 11) is 0. The van der Waals surface area contributed by atoms with Gasteiger partial charge in [0.15, 0.2) is 5.78 Å². The van der Waals surface area contributed by atoms with Crippen LogP contribution in [-0.2, 0) is 4.79 Å². The van der Waals surface area contributed by atoms with E-state index in [1.165, 1.54) is 24.3 Å². The van der Waals surface area contributed by atoms with Gasteiger partial charge in [-0.2, -0.15) is 0 Å². The molecule has 1 saturated heterocycles. The molecule has 1 heterocycles. The number of hydrogen-bond donors (Lipinski definition) is 3. The second-order valence-corrected chi connectivity index (χ2v) is 6.65. The van der Waals surface area contributed by atoms with Crippen LogP contribution >= 0.6 is 0 Å². The zero-order valence-corrected chi connectivity index (χ0v) is 15.1. The van der Waals surface area contributed by atoms with Gasteiger partial charge in [-0.3, -0.25) is 9.59 Å². The molecule has 1 atom stereocenters. The fourth-order valence-corrected chi connectivity index (χ4v) is 3.24. The third-order valence-corrected chi connectivity index (χ3v) is 4.74. The monoisotopic (exact) mass is 368 g/mol. The molecule has 1 aliphatic heterocycles. The largest absolute Gasteiger partial charge is 0.508 e. The SMILES string of the molecule is O=C(NC(C(=O)COc1ccccc1)C1CCNCC1)c1ccc(O)cc1. The summed E-state index contributed by atoms with van der Waals surface area (Å²) < 4.78 is 5.59. The highest BCUT2D eigenvalue weighted by molar-refractivity contribution is 5.98. The van der Waals surface area contributed by atoms with Crippen LogP contribution in [0.2, 0.25) is 0 Å². The van der Waals surface area contributed by atoms with Crippen LogP contribution in [0.3, 0.4) is 0 Å². The highest BCUT2D eigenvalue weighted by Crippen LogP contribution is 2.19. The molecule has 2 aromatic rings. The van der Waals surface area contributed by atoms with Gasteiger partial charge in [-0.1, -0.05) is 18.2 Å². The number of hydrogen-bond acceptors (Lipinski definition) is 5. The summed E-state index contributed by atoms with van der Waals surface area (Å²) in [4.78, 5) is 25.4. The van der Waals surface area contributed by atoms with Crippen LogP contribution in [0, 0.1) is 5.92 Å². The maximum Gasteiger partial charge on any atom is 0.251 e. The number of ketones is 1. The van der Waals surface area contributed by atoms with E-state index < -0.39 is 6.04 Å². The molecule has 6 heteroatoms. The summed E-state index contributed by atoms with van der Waals surface area (Å²) in [6, 6.07) is 14.5. The average molecular weight is 368 g/mol. The molecule has 1 fully saturated rings. The van der Waals surface area contributed by atoms with E-state index in [0.29, 0.717) is 11.3 Å². The zero-order chi connectivity index (χ0) is 19.1. The lowest BCUT2D eigenvalue weighted by molar-refractivity contribution is -0.124. The number of rotatable bonds is 7. The molecular formula is C21H24N2O4. The first-order valence-electron chi connectivity index (χ1n) is 9.14. The van der Waals surface area contributed by atoms with E-state index in [2.05, 4.69) is 10.6 Å². The first-order valence-corrected chi connectivity index (χ1v) is 9.14. The van der Waals surface area contributed by atoms with Gasteiger partial charge < -0.3 is 20.5 Å². The standard InChI is InChI=1S/C21H24N2O4/c24-17-8-6-16(7-9-17)21(26)23-20(15-10-12-22-13-11-15)19(25)14-27-18-4-2-1-3-5-18/h1-9,15,20,22,24H,10-14H2,(H,23,26). The molecule has 3 N–H and O–H groups in total. The fourth-order valence-electron chi connectivity index (χ4n) is 3.24. The highest BCUT2D eigenvalue weighted by Gasteiger charge is 2.31. The van der Waals surface area contributed by atoms with E-state index in [1.807, 2.05) is 18.2 Å². The van der Waals surface area contributed by atoms with Crippen molar-refractivity contribution < 1.29 is 19.4 Å². The number of amides is 1. The normalized spacial score (nSPS) is 15.7. The van der Waals surface area contributed by atoms with Crippen molar-refractivity contribution in [1.29, 1.82) is 0 Å². The minimum atomic E-state index is -0.600. The molecule has 0 bridgehead atoms. The van der Waals surface area contributed by atoms with Gasteiger partial charge in [-0.05, 0) is 68.2 Å². The summed E-state index contributed by atoms with van der Waals surface area (Å²) in [5.74, 6) is 0.317. The van der Waals surface area contributed by atoms with Gasteiger partial charge in [-0.15, -0.1) is 0 Å². The lowest BCUT2D eigenvalue weighted by atomic mass is 9.87. The van der Waals surface area contributed by atoms with Crippen molar-refractivity contribution in [3.05, 3.63) is 60.2 Å². The van der Waals surface area contributed by atoms with Gasteiger partial charge in [0.25, 0.3) is 5.91 Å². The number of ether oxygens (including phenoxy) is 1. The topological polar surface area (TPSA) is 87.7 Å². The first kappa shape index (κ1) is 18.9. The van der Waals surface area contributed by atoms with E-state index in [4.69, 9.17) is 4.74 Å². The van der Waals surface area contributed by atoms with Crippen LogP contribution < -0.4 is 15.4 Å². The molecular weight excluding hydrogens is 344 g/mol. The molecule has 142 valence electrons. The maximum atomic E-state index is 12.8. The molecule has 3 rings (SSSR count). The lowest BCUT2D eigenvalue weighted by Gasteiger charge is -2.30. The number of para-hydroxylation sites is 1. The number of carbonyl (C=O) groups is 2. The second-order valence-electron chi connectivity index (χ2n) is 6.65. The Labute approximate surface area is 158 Å². The summed E-state index contributed by atoms with van der Waals surface area (Å²) in [6.07, 6.45) is 1.63. The number of phenols is 1. The minimum Gasteiger partial charge on any atom is -0.508 e. The van der Waals surface area contributed by atoms with Crippen molar-refractivity contribution in [2.24, 2.45) is 5.92 Å². The predicted octanol–water partition coefficient (Wildman–Crippen LogP) is 2.14. The quantitative estimate of drug-likeness (QED) is 0.697. The lowest BCUT2D eigenvalue weighted by Crippen LogP contribution is -2.50. The van der Waals surface area contributed by atoms with Crippen molar-refractivity contribution >= 4 is 11.7 Å². The second kappa shape index (κ2) is 9.19. The fraction of sp³-hybridized carbons (Fsp3) is 0.333. The molecule has 0 saturated carbocycles. The van der Waals surface area contributed by atoms with Crippen LogP contribution in [-0.4, -0.2) is 42.5 Å². The van der Waals surface area contributed by atoms with Crippen molar-refractivity contribution in [1.82, 2.24) is 10.6 Å². The Bertz CT molecular complexity index is 756. The molecule has 0 aromatic heterocycles. The van der Waals surface area contributed by atoms with Gasteiger partial charge in [0.1, 0.15) is 18.1 Å². The Morgan fingerprint density at radius 2 is 1.74 bits per heavy atom. The zero-order valence-electron chi connectivity index (χ0n) is 15.1. The number of benzene rings is 2. The summed E-state index contributed by atoms with van der Waals surface area (Å²) in [6.45, 7) is 1.56. The molecule has 1 amide bonds. The number of aromatic hydroxyl groups is 1. The number of nitrogens with one attached hydrogen (secondary N) is 2. The van der Waals surface area contributed by atoms with Crippen molar-refractivity contribution in [2.45, 2.75) is 18.9 Å². The third-order valence-electron chi connectivity index (χ3n) is 4.74. The Morgan fingerprint density at radius 1 is 1.07 bits per heavy atom. The molecule has 1 unspecified atom stereocenters. The molecule has 1 aliphatic rings. The average Bonchev–Trinajstić information content (AvgIpc) is 2.72. The molecule has 0 radical (unpaired) electrons. The molecule has 27 heavy (non-hydrogen) atoms. The van der Waals surface area contributed by atoms with Gasteiger partial charge in [0, 0.05) is 5.56 Å². The van der Waals surface area contributed by atoms with Crippen molar-refractivity contribution in [3.63, 3.8) is 0 Å². The van der Waals surface area contributed by atoms with Crippen LogP contribution in [0.4, 0.5) is 0 Å². The van der Waals surface area contributed by atoms with Gasteiger partial charge in [-0.25, -0.2) is 0 Å². The number of phenolic OH excluding ortho intramolecular Hbond substituents is 1. The van der Waals surface area contributed by atoms with Gasteiger partial charge >= 0.3 is 0 Å². The molecule has 2 aromatic carbocycles. The number of carbonyl (C=O) groups excluding carboxylic acids is 2. The van der Waals surface area contributed by atoms with Crippen molar-refractivity contribution in [2.75, 3.05) is 19.7 Å². The van der Waals surface area contributed by atoms with E-state index in [0.717, 1.165) is 25.9 Å². The minimum absolute atomic E-state index is 0.0687. The number of piperidine rings is 1. The van der Waals surface area contributed by atoms with E-state index >= 15 is 0 Å². The van der Waals surface area contributed by atoms with Gasteiger partial charge in [0.05, 0.1) is 6.04 Å². The first-order chi connectivity index (χ1) is 13.1. The Balaban J connectivity index is 1.68. The summed E-state index contributed by atoms with van der Waals surface area (Å²) in [5, 5.41) is 15.5. The van der Waals surface area contributed by atoms with Crippen LogP contribution in [0.25, 0.3) is 0 Å². The summed E-state index contributed by atoms with van der Waals surface area (Å²) in [5.41, 5.74) is 0.406. The third kappa shape index (κ3) is 5.31. The van der Waals surface area contributed by atoms with Crippen LogP contribution in [0.5, 0.6) is 11.5 Å². The van der Waals surface area contributed by atoms with Crippen LogP contribution in [0.1, 0.15) is 23.2 Å². The molecule has 0 spiro atoms. The van der Waals surface area contributed by atoms with E-state index in [-0.39, 0.29) is 30.0 Å².